The molecule has 4 N–H and O–H groups in total. The van der Waals surface area contributed by atoms with Crippen molar-refractivity contribution in [3.63, 3.8) is 0 Å². The van der Waals surface area contributed by atoms with Gasteiger partial charge in [-0.05, 0) is 13.8 Å². The summed E-state index contributed by atoms with van der Waals surface area (Å²) < 4.78 is 5.25. The van der Waals surface area contributed by atoms with E-state index in [1.165, 1.54) is 13.4 Å². The van der Waals surface area contributed by atoms with Gasteiger partial charge in [0.2, 0.25) is 5.75 Å². The van der Waals surface area contributed by atoms with Crippen molar-refractivity contribution in [3.05, 3.63) is 6.33 Å². The third kappa shape index (κ3) is 3.21. The van der Waals surface area contributed by atoms with Crippen LogP contribution in [0.3, 0.4) is 0 Å². The number of aromatic nitrogens is 2. The van der Waals surface area contributed by atoms with Crippen molar-refractivity contribution < 1.29 is 14.9 Å². The molecule has 0 atom stereocenters. The van der Waals surface area contributed by atoms with E-state index >= 15 is 0 Å². The van der Waals surface area contributed by atoms with Crippen LogP contribution in [0.15, 0.2) is 6.33 Å². The average Bonchev–Trinajstić information content (AvgIpc) is 2.39. The fourth-order valence-corrected chi connectivity index (χ4v) is 1.36. The summed E-state index contributed by atoms with van der Waals surface area (Å²) >= 11 is 0. The van der Waals surface area contributed by atoms with Crippen LogP contribution in [0.25, 0.3) is 0 Å². The number of aliphatic hydroxyl groups is 2. The number of methoxy groups -OCH3 is 1. The summed E-state index contributed by atoms with van der Waals surface area (Å²) in [7, 11) is 1.51. The topological polar surface area (TPSA) is 99.5 Å². The van der Waals surface area contributed by atoms with E-state index in [-0.39, 0.29) is 13.2 Å². The Morgan fingerprint density at radius 2 is 1.89 bits per heavy atom. The molecule has 0 saturated carbocycles. The van der Waals surface area contributed by atoms with Gasteiger partial charge in [-0.1, -0.05) is 0 Å². The third-order valence-electron chi connectivity index (χ3n) is 2.47. The standard InChI is InChI=1S/C11H20N4O3/c1-4-12-9-8(18-3)10(14-7-13-9)15-11(2,5-16)6-17/h7,16-17H,4-6H2,1-3H3,(H2,12,13,14,15). The number of hydrogen-bond donors (Lipinski definition) is 4. The zero-order chi connectivity index (χ0) is 13.6. The minimum atomic E-state index is -0.870. The molecule has 0 amide bonds. The van der Waals surface area contributed by atoms with E-state index in [1.807, 2.05) is 6.92 Å². The molecule has 0 aliphatic heterocycles. The van der Waals surface area contributed by atoms with Crippen molar-refractivity contribution in [2.24, 2.45) is 0 Å². The molecule has 102 valence electrons. The summed E-state index contributed by atoms with van der Waals surface area (Å²) in [6, 6.07) is 0. The third-order valence-corrected chi connectivity index (χ3v) is 2.47. The highest BCUT2D eigenvalue weighted by Gasteiger charge is 2.25. The highest BCUT2D eigenvalue weighted by molar-refractivity contribution is 5.64. The van der Waals surface area contributed by atoms with Crippen molar-refractivity contribution in [1.29, 1.82) is 0 Å². The maximum Gasteiger partial charge on any atom is 0.204 e. The van der Waals surface area contributed by atoms with Crippen LogP contribution in [-0.2, 0) is 0 Å². The number of aliphatic hydroxyl groups excluding tert-OH is 2. The minimum absolute atomic E-state index is 0.229. The van der Waals surface area contributed by atoms with E-state index in [1.54, 1.807) is 6.92 Å². The van der Waals surface area contributed by atoms with Crippen LogP contribution in [0.4, 0.5) is 11.6 Å². The molecule has 0 aromatic carbocycles. The van der Waals surface area contributed by atoms with Gasteiger partial charge < -0.3 is 25.6 Å². The summed E-state index contributed by atoms with van der Waals surface area (Å²) in [6.45, 7) is 3.87. The van der Waals surface area contributed by atoms with E-state index in [0.717, 1.165) is 0 Å². The first-order valence-corrected chi connectivity index (χ1v) is 5.73. The van der Waals surface area contributed by atoms with Crippen LogP contribution in [0.2, 0.25) is 0 Å². The zero-order valence-electron chi connectivity index (χ0n) is 10.9. The first-order chi connectivity index (χ1) is 8.60. The van der Waals surface area contributed by atoms with E-state index in [9.17, 15) is 10.2 Å². The Hall–Kier alpha value is -1.60. The molecule has 7 nitrogen and oxygen atoms in total. The Kier molecular flexibility index (Phi) is 5.11. The number of nitrogens with zero attached hydrogens (tertiary/aromatic N) is 2. The van der Waals surface area contributed by atoms with Gasteiger partial charge in [0.15, 0.2) is 11.6 Å². The molecule has 0 fully saturated rings. The van der Waals surface area contributed by atoms with Crippen molar-refractivity contribution >= 4 is 11.6 Å². The lowest BCUT2D eigenvalue weighted by atomic mass is 10.1. The van der Waals surface area contributed by atoms with Crippen molar-refractivity contribution in [2.45, 2.75) is 19.4 Å². The Balaban J connectivity index is 3.04. The van der Waals surface area contributed by atoms with E-state index in [4.69, 9.17) is 4.74 Å². The summed E-state index contributed by atoms with van der Waals surface area (Å²) in [6.07, 6.45) is 1.39. The zero-order valence-corrected chi connectivity index (χ0v) is 10.9. The molecule has 0 spiro atoms. The fourth-order valence-electron chi connectivity index (χ4n) is 1.36. The largest absolute Gasteiger partial charge is 0.490 e. The quantitative estimate of drug-likeness (QED) is 0.548. The average molecular weight is 256 g/mol. The molecule has 1 rings (SSSR count). The van der Waals surface area contributed by atoms with Crippen molar-refractivity contribution in [1.82, 2.24) is 9.97 Å². The van der Waals surface area contributed by atoms with Crippen LogP contribution in [0.5, 0.6) is 5.75 Å². The SMILES string of the molecule is CCNc1ncnc(NC(C)(CO)CO)c1OC. The van der Waals surface area contributed by atoms with Gasteiger partial charge in [0.25, 0.3) is 0 Å². The maximum absolute atomic E-state index is 9.26. The van der Waals surface area contributed by atoms with Gasteiger partial charge in [-0.3, -0.25) is 0 Å². The maximum atomic E-state index is 9.26. The molecule has 0 bridgehead atoms. The number of nitrogens with one attached hydrogen (secondary N) is 2. The molecule has 1 aromatic rings. The number of hydrogen-bond acceptors (Lipinski definition) is 7. The summed E-state index contributed by atoms with van der Waals surface area (Å²) in [5.41, 5.74) is -0.870. The van der Waals surface area contributed by atoms with Gasteiger partial charge in [0, 0.05) is 6.54 Å². The van der Waals surface area contributed by atoms with Gasteiger partial charge in [0.1, 0.15) is 6.33 Å². The molecule has 0 radical (unpaired) electrons. The van der Waals surface area contributed by atoms with Gasteiger partial charge in [-0.15, -0.1) is 0 Å². The molecular formula is C11H20N4O3. The van der Waals surface area contributed by atoms with Crippen molar-refractivity contribution in [3.8, 4) is 5.75 Å². The summed E-state index contributed by atoms with van der Waals surface area (Å²) in [4.78, 5) is 8.13. The normalized spacial score (nSPS) is 11.2. The van der Waals surface area contributed by atoms with Crippen LogP contribution >= 0.6 is 0 Å². The second kappa shape index (κ2) is 6.36. The lowest BCUT2D eigenvalue weighted by Crippen LogP contribution is -2.42. The molecule has 18 heavy (non-hydrogen) atoms. The molecule has 0 saturated heterocycles. The Morgan fingerprint density at radius 1 is 1.28 bits per heavy atom. The van der Waals surface area contributed by atoms with Crippen molar-refractivity contribution in [2.75, 3.05) is 37.5 Å². The molecule has 7 heteroatoms. The monoisotopic (exact) mass is 256 g/mol. The lowest BCUT2D eigenvalue weighted by Gasteiger charge is -2.27. The van der Waals surface area contributed by atoms with Crippen LogP contribution in [0, 0.1) is 0 Å². The first kappa shape index (κ1) is 14.5. The van der Waals surface area contributed by atoms with Gasteiger partial charge in [0.05, 0.1) is 25.9 Å². The Morgan fingerprint density at radius 3 is 2.39 bits per heavy atom. The van der Waals surface area contributed by atoms with E-state index in [2.05, 4.69) is 20.6 Å². The minimum Gasteiger partial charge on any atom is -0.490 e. The highest BCUT2D eigenvalue weighted by atomic mass is 16.5. The number of ether oxygens (including phenoxy) is 1. The van der Waals surface area contributed by atoms with Gasteiger partial charge >= 0.3 is 0 Å². The van der Waals surface area contributed by atoms with Crippen LogP contribution in [0.1, 0.15) is 13.8 Å². The smallest absolute Gasteiger partial charge is 0.204 e. The van der Waals surface area contributed by atoms with Crippen LogP contribution in [-0.4, -0.2) is 52.6 Å². The number of rotatable bonds is 7. The number of anilines is 2. The first-order valence-electron chi connectivity index (χ1n) is 5.73. The summed E-state index contributed by atoms with van der Waals surface area (Å²) in [5, 5.41) is 24.5. The molecule has 1 aromatic heterocycles. The van der Waals surface area contributed by atoms with Gasteiger partial charge in [-0.2, -0.15) is 0 Å². The fraction of sp³-hybridized carbons (Fsp3) is 0.636. The Bertz CT molecular complexity index is 383. The molecule has 0 unspecified atom stereocenters. The highest BCUT2D eigenvalue weighted by Crippen LogP contribution is 2.30. The van der Waals surface area contributed by atoms with E-state index < -0.39 is 5.54 Å². The predicted octanol–water partition coefficient (Wildman–Crippen LogP) is 0.0722. The second-order valence-electron chi connectivity index (χ2n) is 4.14. The van der Waals surface area contributed by atoms with E-state index in [0.29, 0.717) is 23.9 Å². The Labute approximate surface area is 106 Å². The molecule has 1 heterocycles. The summed E-state index contributed by atoms with van der Waals surface area (Å²) in [5.74, 6) is 1.44. The molecular weight excluding hydrogens is 236 g/mol. The molecule has 0 aliphatic rings. The van der Waals surface area contributed by atoms with Crippen LogP contribution < -0.4 is 15.4 Å². The molecule has 0 aliphatic carbocycles. The second-order valence-corrected chi connectivity index (χ2v) is 4.14. The van der Waals surface area contributed by atoms with Gasteiger partial charge in [-0.25, -0.2) is 9.97 Å². The predicted molar refractivity (Wildman–Crippen MR) is 68.9 cm³/mol. The lowest BCUT2D eigenvalue weighted by molar-refractivity contribution is 0.147.